The van der Waals surface area contributed by atoms with Crippen LogP contribution in [0.2, 0.25) is 0 Å². The van der Waals surface area contributed by atoms with Gasteiger partial charge < -0.3 is 13.9 Å². The molecule has 0 N–H and O–H groups in total. The fourth-order valence-corrected chi connectivity index (χ4v) is 10.5. The van der Waals surface area contributed by atoms with Gasteiger partial charge in [0.15, 0.2) is 0 Å². The van der Waals surface area contributed by atoms with Gasteiger partial charge in [0.1, 0.15) is 11.2 Å². The summed E-state index contributed by atoms with van der Waals surface area (Å²) >= 11 is 0. The maximum atomic E-state index is 6.29. The van der Waals surface area contributed by atoms with Crippen molar-refractivity contribution in [1.29, 1.82) is 0 Å². The Morgan fingerprint density at radius 3 is 1.19 bits per heavy atom. The van der Waals surface area contributed by atoms with E-state index in [0.29, 0.717) is 0 Å². The normalized spacial score (nSPS) is 11.5. The maximum absolute atomic E-state index is 6.29. The topological polar surface area (TPSA) is 21.3 Å². The minimum Gasteiger partial charge on any atom is -0.456 e. The number of fused-ring (bicyclic) bond motifs is 6. The van der Waals surface area contributed by atoms with E-state index in [1.54, 1.807) is 0 Å². The summed E-state index contributed by atoms with van der Waals surface area (Å²) in [4.78, 5) is 2.36. The predicted molar refractivity (Wildman–Crippen MR) is 290 cm³/mol. The molecule has 11 aromatic carbocycles. The SMILES string of the molecule is c1ccc(-c2ccccc2-c2ccccc2-c2ccccc2-c2ccc(N(c3ccc(-c4cccc5oc6ccccc6c45)cc3)c3ccc(-n4c5ccccc5c5ccccc54)cc3)cc2)cc1. The number of benzene rings is 11. The van der Waals surface area contributed by atoms with Crippen LogP contribution >= 0.6 is 0 Å². The van der Waals surface area contributed by atoms with Crippen molar-refractivity contribution in [3.8, 4) is 61.3 Å². The maximum Gasteiger partial charge on any atom is 0.136 e. The molecule has 13 aromatic rings. The molecule has 0 fully saturated rings. The van der Waals surface area contributed by atoms with Crippen molar-refractivity contribution in [1.82, 2.24) is 4.57 Å². The second-order valence-corrected chi connectivity index (χ2v) is 17.6. The van der Waals surface area contributed by atoms with Gasteiger partial charge in [-0.1, -0.05) is 194 Å². The molecule has 0 unspecified atom stereocenters. The van der Waals surface area contributed by atoms with Gasteiger partial charge in [0.25, 0.3) is 0 Å². The average molecular weight is 881 g/mol. The van der Waals surface area contributed by atoms with E-state index >= 15 is 0 Å². The summed E-state index contributed by atoms with van der Waals surface area (Å²) in [7, 11) is 0. The smallest absolute Gasteiger partial charge is 0.136 e. The molecule has 0 aliphatic rings. The van der Waals surface area contributed by atoms with Crippen LogP contribution in [-0.4, -0.2) is 4.57 Å². The molecule has 0 amide bonds. The molecule has 324 valence electrons. The third kappa shape index (κ3) is 6.99. The molecular weight excluding hydrogens is 837 g/mol. The van der Waals surface area contributed by atoms with Crippen LogP contribution in [0.1, 0.15) is 0 Å². The zero-order valence-electron chi connectivity index (χ0n) is 37.7. The number of furan rings is 1. The zero-order chi connectivity index (χ0) is 45.7. The third-order valence-electron chi connectivity index (χ3n) is 13.7. The van der Waals surface area contributed by atoms with Gasteiger partial charge in [0.05, 0.1) is 11.0 Å². The van der Waals surface area contributed by atoms with E-state index in [-0.39, 0.29) is 0 Å². The van der Waals surface area contributed by atoms with Crippen LogP contribution in [0.25, 0.3) is 105 Å². The summed E-state index contributed by atoms with van der Waals surface area (Å²) in [6.45, 7) is 0. The Kier molecular flexibility index (Phi) is 9.84. The molecule has 2 aromatic heterocycles. The monoisotopic (exact) mass is 880 g/mol. The van der Waals surface area contributed by atoms with Gasteiger partial charge in [-0.2, -0.15) is 0 Å². The molecule has 0 radical (unpaired) electrons. The van der Waals surface area contributed by atoms with Crippen LogP contribution in [0.5, 0.6) is 0 Å². The Labute approximate surface area is 401 Å². The molecule has 0 aliphatic carbocycles. The number of hydrogen-bond acceptors (Lipinski definition) is 2. The largest absolute Gasteiger partial charge is 0.456 e. The number of anilines is 3. The Balaban J connectivity index is 0.909. The van der Waals surface area contributed by atoms with Crippen molar-refractivity contribution in [2.45, 2.75) is 0 Å². The quantitative estimate of drug-likeness (QED) is 0.144. The number of hydrogen-bond donors (Lipinski definition) is 0. The van der Waals surface area contributed by atoms with Gasteiger partial charge in [0.2, 0.25) is 0 Å². The van der Waals surface area contributed by atoms with E-state index in [1.807, 2.05) is 12.1 Å². The highest BCUT2D eigenvalue weighted by atomic mass is 16.3. The minimum atomic E-state index is 0.893. The Bertz CT molecular complexity index is 3940. The zero-order valence-corrected chi connectivity index (χ0v) is 37.7. The molecule has 3 heteroatoms. The average Bonchev–Trinajstić information content (AvgIpc) is 3.98. The highest BCUT2D eigenvalue weighted by Crippen LogP contribution is 2.44. The lowest BCUT2D eigenvalue weighted by Crippen LogP contribution is -2.10. The lowest BCUT2D eigenvalue weighted by molar-refractivity contribution is 0.669. The lowest BCUT2D eigenvalue weighted by atomic mass is 9.87. The standard InChI is InChI=1S/C66H44N2O/c1-2-17-45(18-3-1)52-19-4-6-21-55(52)57-23-8-9-24-58(57)56-22-7-5-20-53(56)46-33-37-48(38-34-46)67(49-39-35-47(36-40-49)54-28-16-32-65-66(54)61-27-12-15-31-64(61)69-65)50-41-43-51(44-42-50)68-62-29-13-10-25-59(62)60-26-11-14-30-63(60)68/h1-44H. The lowest BCUT2D eigenvalue weighted by Gasteiger charge is -2.26. The third-order valence-corrected chi connectivity index (χ3v) is 13.7. The predicted octanol–water partition coefficient (Wildman–Crippen LogP) is 18.5. The van der Waals surface area contributed by atoms with Gasteiger partial charge in [-0.3, -0.25) is 0 Å². The molecular formula is C66H44N2O. The summed E-state index contributed by atoms with van der Waals surface area (Å²) in [5.41, 5.74) is 20.3. The van der Waals surface area contributed by atoms with Crippen LogP contribution in [-0.2, 0) is 0 Å². The van der Waals surface area contributed by atoms with E-state index < -0.39 is 0 Å². The molecule has 0 saturated carbocycles. The van der Waals surface area contributed by atoms with Gasteiger partial charge in [-0.25, -0.2) is 0 Å². The van der Waals surface area contributed by atoms with Gasteiger partial charge in [-0.05, 0) is 128 Å². The van der Waals surface area contributed by atoms with Crippen molar-refractivity contribution < 1.29 is 4.42 Å². The second kappa shape index (κ2) is 16.9. The van der Waals surface area contributed by atoms with Crippen molar-refractivity contribution in [3.63, 3.8) is 0 Å². The van der Waals surface area contributed by atoms with E-state index in [0.717, 1.165) is 61.4 Å². The summed E-state index contributed by atoms with van der Waals surface area (Å²) in [5.74, 6) is 0. The van der Waals surface area contributed by atoms with Crippen molar-refractivity contribution in [3.05, 3.63) is 267 Å². The second-order valence-electron chi connectivity index (χ2n) is 17.6. The molecule has 2 heterocycles. The summed E-state index contributed by atoms with van der Waals surface area (Å²) < 4.78 is 8.66. The minimum absolute atomic E-state index is 0.893. The number of para-hydroxylation sites is 3. The van der Waals surface area contributed by atoms with Crippen molar-refractivity contribution >= 4 is 60.8 Å². The van der Waals surface area contributed by atoms with Crippen LogP contribution < -0.4 is 4.90 Å². The first-order valence-corrected chi connectivity index (χ1v) is 23.6. The Hall–Kier alpha value is -9.18. The fraction of sp³-hybridized carbons (Fsp3) is 0. The Morgan fingerprint density at radius 2 is 0.638 bits per heavy atom. The number of rotatable bonds is 9. The van der Waals surface area contributed by atoms with Crippen molar-refractivity contribution in [2.24, 2.45) is 0 Å². The Morgan fingerprint density at radius 1 is 0.261 bits per heavy atom. The van der Waals surface area contributed by atoms with E-state index in [1.165, 1.54) is 60.8 Å². The first-order chi connectivity index (χ1) is 34.2. The summed E-state index contributed by atoms with van der Waals surface area (Å²) in [6, 6.07) is 96.0. The molecule has 13 rings (SSSR count). The molecule has 69 heavy (non-hydrogen) atoms. The number of nitrogens with zero attached hydrogens (tertiary/aromatic N) is 2. The van der Waals surface area contributed by atoms with Crippen molar-refractivity contribution in [2.75, 3.05) is 4.90 Å². The van der Waals surface area contributed by atoms with E-state index in [4.69, 9.17) is 4.42 Å². The number of aromatic nitrogens is 1. The molecule has 0 spiro atoms. The van der Waals surface area contributed by atoms with Crippen LogP contribution in [0.3, 0.4) is 0 Å². The van der Waals surface area contributed by atoms with Crippen LogP contribution in [0, 0.1) is 0 Å². The van der Waals surface area contributed by atoms with Gasteiger partial charge >= 0.3 is 0 Å². The van der Waals surface area contributed by atoms with Crippen LogP contribution in [0.15, 0.2) is 271 Å². The first-order valence-electron chi connectivity index (χ1n) is 23.6. The molecule has 0 saturated heterocycles. The van der Waals surface area contributed by atoms with Crippen LogP contribution in [0.4, 0.5) is 17.1 Å². The molecule has 0 aliphatic heterocycles. The first kappa shape index (κ1) is 40.1. The molecule has 0 bridgehead atoms. The van der Waals surface area contributed by atoms with Gasteiger partial charge in [-0.15, -0.1) is 0 Å². The van der Waals surface area contributed by atoms with E-state index in [2.05, 4.69) is 264 Å². The summed E-state index contributed by atoms with van der Waals surface area (Å²) in [6.07, 6.45) is 0. The fourth-order valence-electron chi connectivity index (χ4n) is 10.5. The highest BCUT2D eigenvalue weighted by molar-refractivity contribution is 6.12. The highest BCUT2D eigenvalue weighted by Gasteiger charge is 2.19. The molecule has 0 atom stereocenters. The molecule has 3 nitrogen and oxygen atoms in total. The van der Waals surface area contributed by atoms with E-state index in [9.17, 15) is 0 Å². The summed E-state index contributed by atoms with van der Waals surface area (Å²) in [5, 5.41) is 4.76. The van der Waals surface area contributed by atoms with Gasteiger partial charge in [0, 0.05) is 44.3 Å².